The average molecular weight is 330 g/mol. The summed E-state index contributed by atoms with van der Waals surface area (Å²) in [5.74, 6) is 0.763. The zero-order valence-corrected chi connectivity index (χ0v) is 13.2. The molecule has 1 N–H and O–H groups in total. The standard InChI is InChI=1S/C17H19FN4O2/c18-13-5-7-15(8-6-13)24-12-17(23)20-14-3-2-10-22(11-14)16-4-1-9-19-21-16/h1,4-9,14H,2-3,10-12H2,(H,20,23)/t14-/m0/s1. The summed E-state index contributed by atoms with van der Waals surface area (Å²) >= 11 is 0. The van der Waals surface area contributed by atoms with Crippen molar-refractivity contribution in [2.75, 3.05) is 24.6 Å². The lowest BCUT2D eigenvalue weighted by Crippen LogP contribution is -2.49. The van der Waals surface area contributed by atoms with Crippen LogP contribution in [0.2, 0.25) is 0 Å². The SMILES string of the molecule is O=C(COc1ccc(F)cc1)N[C@H]1CCCN(c2cccnn2)C1. The number of halogens is 1. The number of piperidine rings is 1. The Bertz CT molecular complexity index is 666. The Labute approximate surface area is 139 Å². The second-order valence-corrected chi connectivity index (χ2v) is 5.68. The van der Waals surface area contributed by atoms with Crippen LogP contribution < -0.4 is 15.0 Å². The molecule has 1 aromatic heterocycles. The van der Waals surface area contributed by atoms with E-state index in [2.05, 4.69) is 20.4 Å². The maximum atomic E-state index is 12.8. The third-order valence-electron chi connectivity index (χ3n) is 3.85. The normalized spacial score (nSPS) is 17.4. The molecule has 2 aromatic rings. The first kappa shape index (κ1) is 16.2. The summed E-state index contributed by atoms with van der Waals surface area (Å²) in [7, 11) is 0. The molecule has 0 unspecified atom stereocenters. The third-order valence-corrected chi connectivity index (χ3v) is 3.85. The predicted octanol–water partition coefficient (Wildman–Crippen LogP) is 1.78. The van der Waals surface area contributed by atoms with Gasteiger partial charge in [0.1, 0.15) is 11.6 Å². The topological polar surface area (TPSA) is 67.3 Å². The molecule has 1 amide bonds. The van der Waals surface area contributed by atoms with E-state index in [0.29, 0.717) is 12.3 Å². The molecule has 0 saturated carbocycles. The summed E-state index contributed by atoms with van der Waals surface area (Å²) in [6, 6.07) is 9.40. The number of carbonyl (C=O) groups is 1. The summed E-state index contributed by atoms with van der Waals surface area (Å²) in [6.07, 6.45) is 3.53. The molecule has 1 aromatic carbocycles. The van der Waals surface area contributed by atoms with E-state index in [4.69, 9.17) is 4.74 Å². The van der Waals surface area contributed by atoms with Gasteiger partial charge in [-0.05, 0) is 49.2 Å². The van der Waals surface area contributed by atoms with Crippen molar-refractivity contribution in [3.63, 3.8) is 0 Å². The maximum absolute atomic E-state index is 12.8. The number of aromatic nitrogens is 2. The number of rotatable bonds is 5. The smallest absolute Gasteiger partial charge is 0.258 e. The van der Waals surface area contributed by atoms with E-state index in [1.165, 1.54) is 24.3 Å². The molecule has 0 spiro atoms. The first-order chi connectivity index (χ1) is 11.7. The molecule has 7 heteroatoms. The molecule has 1 aliphatic rings. The van der Waals surface area contributed by atoms with Gasteiger partial charge in [0.2, 0.25) is 0 Å². The Morgan fingerprint density at radius 1 is 1.33 bits per heavy atom. The van der Waals surface area contributed by atoms with Gasteiger partial charge in [-0.25, -0.2) is 4.39 Å². The summed E-state index contributed by atoms with van der Waals surface area (Å²) in [6.45, 7) is 1.51. The van der Waals surface area contributed by atoms with Gasteiger partial charge < -0.3 is 15.0 Å². The van der Waals surface area contributed by atoms with E-state index in [1.54, 1.807) is 6.20 Å². The van der Waals surface area contributed by atoms with Crippen LogP contribution >= 0.6 is 0 Å². The van der Waals surface area contributed by atoms with Crippen molar-refractivity contribution in [1.29, 1.82) is 0 Å². The highest BCUT2D eigenvalue weighted by Gasteiger charge is 2.22. The van der Waals surface area contributed by atoms with Crippen LogP contribution in [0.1, 0.15) is 12.8 Å². The van der Waals surface area contributed by atoms with Crippen molar-refractivity contribution < 1.29 is 13.9 Å². The molecular weight excluding hydrogens is 311 g/mol. The van der Waals surface area contributed by atoms with Crippen molar-refractivity contribution in [1.82, 2.24) is 15.5 Å². The van der Waals surface area contributed by atoms with Crippen LogP contribution in [0.4, 0.5) is 10.2 Å². The van der Waals surface area contributed by atoms with Crippen molar-refractivity contribution in [3.05, 3.63) is 48.4 Å². The fourth-order valence-electron chi connectivity index (χ4n) is 2.71. The van der Waals surface area contributed by atoms with Crippen molar-refractivity contribution in [3.8, 4) is 5.75 Å². The van der Waals surface area contributed by atoms with Gasteiger partial charge >= 0.3 is 0 Å². The average Bonchev–Trinajstić information content (AvgIpc) is 2.62. The highest BCUT2D eigenvalue weighted by molar-refractivity contribution is 5.78. The molecular formula is C17H19FN4O2. The Kier molecular flexibility index (Phi) is 5.20. The number of amides is 1. The van der Waals surface area contributed by atoms with Crippen LogP contribution in [-0.4, -0.2) is 41.8 Å². The number of carbonyl (C=O) groups excluding carboxylic acids is 1. The van der Waals surface area contributed by atoms with Crippen LogP contribution in [0.25, 0.3) is 0 Å². The van der Waals surface area contributed by atoms with Crippen molar-refractivity contribution >= 4 is 11.7 Å². The number of hydrogen-bond donors (Lipinski definition) is 1. The summed E-state index contributed by atoms with van der Waals surface area (Å²) in [5.41, 5.74) is 0. The van der Waals surface area contributed by atoms with Gasteiger partial charge in [-0.1, -0.05) is 0 Å². The predicted molar refractivity (Wildman–Crippen MR) is 87.3 cm³/mol. The van der Waals surface area contributed by atoms with Gasteiger partial charge in [-0.3, -0.25) is 4.79 Å². The van der Waals surface area contributed by atoms with Crippen LogP contribution in [0.5, 0.6) is 5.75 Å². The zero-order chi connectivity index (χ0) is 16.8. The van der Waals surface area contributed by atoms with E-state index in [-0.39, 0.29) is 24.4 Å². The van der Waals surface area contributed by atoms with Gasteiger partial charge in [-0.2, -0.15) is 5.10 Å². The van der Waals surface area contributed by atoms with Crippen LogP contribution in [0.3, 0.4) is 0 Å². The Balaban J connectivity index is 1.48. The molecule has 6 nitrogen and oxygen atoms in total. The fraction of sp³-hybridized carbons (Fsp3) is 0.353. The summed E-state index contributed by atoms with van der Waals surface area (Å²) in [5, 5.41) is 11.0. The number of ether oxygens (including phenoxy) is 1. The molecule has 2 heterocycles. The Morgan fingerprint density at radius 3 is 2.92 bits per heavy atom. The fourth-order valence-corrected chi connectivity index (χ4v) is 2.71. The number of nitrogens with one attached hydrogen (secondary N) is 1. The van der Waals surface area contributed by atoms with E-state index in [9.17, 15) is 9.18 Å². The summed E-state index contributed by atoms with van der Waals surface area (Å²) < 4.78 is 18.2. The van der Waals surface area contributed by atoms with E-state index in [0.717, 1.165) is 25.2 Å². The highest BCUT2D eigenvalue weighted by atomic mass is 19.1. The molecule has 0 aliphatic carbocycles. The van der Waals surface area contributed by atoms with Gasteiger partial charge in [-0.15, -0.1) is 5.10 Å². The van der Waals surface area contributed by atoms with Crippen LogP contribution in [0.15, 0.2) is 42.6 Å². The molecule has 1 aliphatic heterocycles. The Morgan fingerprint density at radius 2 is 2.17 bits per heavy atom. The lowest BCUT2D eigenvalue weighted by atomic mass is 10.1. The largest absolute Gasteiger partial charge is 0.484 e. The lowest BCUT2D eigenvalue weighted by molar-refractivity contribution is -0.123. The second-order valence-electron chi connectivity index (χ2n) is 5.68. The monoisotopic (exact) mass is 330 g/mol. The van der Waals surface area contributed by atoms with Crippen molar-refractivity contribution in [2.24, 2.45) is 0 Å². The van der Waals surface area contributed by atoms with E-state index >= 15 is 0 Å². The van der Waals surface area contributed by atoms with Gasteiger partial charge in [0.25, 0.3) is 5.91 Å². The number of nitrogens with zero attached hydrogens (tertiary/aromatic N) is 3. The Hall–Kier alpha value is -2.70. The van der Waals surface area contributed by atoms with Crippen LogP contribution in [0, 0.1) is 5.82 Å². The molecule has 3 rings (SSSR count). The lowest BCUT2D eigenvalue weighted by Gasteiger charge is -2.33. The number of benzene rings is 1. The minimum atomic E-state index is -0.335. The second kappa shape index (κ2) is 7.72. The molecule has 24 heavy (non-hydrogen) atoms. The first-order valence-electron chi connectivity index (χ1n) is 7.91. The molecule has 1 saturated heterocycles. The summed E-state index contributed by atoms with van der Waals surface area (Å²) in [4.78, 5) is 14.2. The minimum absolute atomic E-state index is 0.0464. The minimum Gasteiger partial charge on any atom is -0.484 e. The van der Waals surface area contributed by atoms with Gasteiger partial charge in [0.15, 0.2) is 12.4 Å². The highest BCUT2D eigenvalue weighted by Crippen LogP contribution is 2.16. The molecule has 126 valence electrons. The van der Waals surface area contributed by atoms with E-state index in [1.807, 2.05) is 12.1 Å². The van der Waals surface area contributed by atoms with Crippen LogP contribution in [-0.2, 0) is 4.79 Å². The molecule has 0 radical (unpaired) electrons. The third kappa shape index (κ3) is 4.41. The number of hydrogen-bond acceptors (Lipinski definition) is 5. The maximum Gasteiger partial charge on any atom is 0.258 e. The van der Waals surface area contributed by atoms with Crippen molar-refractivity contribution in [2.45, 2.75) is 18.9 Å². The molecule has 1 fully saturated rings. The zero-order valence-electron chi connectivity index (χ0n) is 13.2. The van der Waals surface area contributed by atoms with Gasteiger partial charge in [0, 0.05) is 25.3 Å². The number of anilines is 1. The quantitative estimate of drug-likeness (QED) is 0.905. The molecule has 0 bridgehead atoms. The molecule has 1 atom stereocenters. The van der Waals surface area contributed by atoms with Gasteiger partial charge in [0.05, 0.1) is 0 Å². The van der Waals surface area contributed by atoms with E-state index < -0.39 is 0 Å². The first-order valence-corrected chi connectivity index (χ1v) is 7.91.